The molecule has 0 aromatic heterocycles. The summed E-state index contributed by atoms with van der Waals surface area (Å²) in [6.07, 6.45) is 1.05. The van der Waals surface area contributed by atoms with Gasteiger partial charge in [0.1, 0.15) is 5.75 Å². The maximum Gasteiger partial charge on any atom is 0.265 e. The van der Waals surface area contributed by atoms with Gasteiger partial charge in [-0.25, -0.2) is 0 Å². The normalized spacial score (nSPS) is 13.2. The lowest BCUT2D eigenvalue weighted by Crippen LogP contribution is -2.33. The van der Waals surface area contributed by atoms with Gasteiger partial charge < -0.3 is 10.1 Å². The predicted molar refractivity (Wildman–Crippen MR) is 105 cm³/mol. The van der Waals surface area contributed by atoms with Crippen LogP contribution < -0.4 is 10.1 Å². The zero-order valence-electron chi connectivity index (χ0n) is 15.3. The van der Waals surface area contributed by atoms with Crippen molar-refractivity contribution in [2.45, 2.75) is 52.6 Å². The van der Waals surface area contributed by atoms with Crippen molar-refractivity contribution in [3.63, 3.8) is 0 Å². The van der Waals surface area contributed by atoms with Crippen LogP contribution in [-0.4, -0.2) is 12.0 Å². The Balaban J connectivity index is 2.17. The number of amides is 1. The second-order valence-corrected chi connectivity index (χ2v) is 6.67. The predicted octanol–water partition coefficient (Wildman–Crippen LogP) is 5.96. The van der Waals surface area contributed by atoms with Crippen molar-refractivity contribution in [3.05, 3.63) is 58.6 Å². The van der Waals surface area contributed by atoms with Crippen LogP contribution in [0.2, 0.25) is 5.02 Å². The molecule has 2 atom stereocenters. The van der Waals surface area contributed by atoms with Gasteiger partial charge in [-0.3, -0.25) is 4.79 Å². The first kappa shape index (κ1) is 19.3. The van der Waals surface area contributed by atoms with Gasteiger partial charge >= 0.3 is 0 Å². The van der Waals surface area contributed by atoms with Crippen molar-refractivity contribution < 1.29 is 9.53 Å². The van der Waals surface area contributed by atoms with Crippen LogP contribution in [0.5, 0.6) is 5.75 Å². The molecule has 0 bridgehead atoms. The third kappa shape index (κ3) is 4.76. The number of hydrogen-bond acceptors (Lipinski definition) is 2. The number of carbonyl (C=O) groups is 1. The molecule has 2 unspecified atom stereocenters. The number of hydrogen-bond donors (Lipinski definition) is 1. The summed E-state index contributed by atoms with van der Waals surface area (Å²) in [5.74, 6) is 1.00. The quantitative estimate of drug-likeness (QED) is 0.662. The SMILES string of the molecule is CCC(Oc1ccccc1C(C)CC)C(=O)Nc1cccc(Cl)c1C. The lowest BCUT2D eigenvalue weighted by molar-refractivity contribution is -0.122. The average Bonchev–Trinajstić information content (AvgIpc) is 2.63. The fraction of sp³-hybridized carbons (Fsp3) is 0.381. The molecule has 4 heteroatoms. The zero-order valence-corrected chi connectivity index (χ0v) is 16.1. The first-order chi connectivity index (χ1) is 12.0. The minimum Gasteiger partial charge on any atom is -0.480 e. The van der Waals surface area contributed by atoms with Gasteiger partial charge in [-0.1, -0.05) is 56.6 Å². The van der Waals surface area contributed by atoms with E-state index in [1.807, 2.05) is 50.2 Å². The summed E-state index contributed by atoms with van der Waals surface area (Å²) < 4.78 is 6.08. The van der Waals surface area contributed by atoms with Gasteiger partial charge in [-0.15, -0.1) is 0 Å². The molecule has 25 heavy (non-hydrogen) atoms. The number of carbonyl (C=O) groups excluding carboxylic acids is 1. The standard InChI is InChI=1S/C21H26ClNO2/c1-5-14(3)16-10-7-8-13-20(16)25-19(6-2)21(24)23-18-12-9-11-17(22)15(18)4/h7-14,19H,5-6H2,1-4H3,(H,23,24). The molecule has 2 rings (SSSR count). The number of ether oxygens (including phenoxy) is 1. The number of benzene rings is 2. The molecule has 0 aliphatic rings. The van der Waals surface area contributed by atoms with E-state index in [4.69, 9.17) is 16.3 Å². The van der Waals surface area contributed by atoms with Crippen molar-refractivity contribution in [2.24, 2.45) is 0 Å². The molecular formula is C21H26ClNO2. The largest absolute Gasteiger partial charge is 0.480 e. The van der Waals surface area contributed by atoms with E-state index in [9.17, 15) is 4.79 Å². The molecule has 0 aliphatic heterocycles. The Morgan fingerprint density at radius 1 is 1.12 bits per heavy atom. The Morgan fingerprint density at radius 2 is 1.84 bits per heavy atom. The Bertz CT molecular complexity index is 730. The molecule has 134 valence electrons. The monoisotopic (exact) mass is 359 g/mol. The molecule has 0 aliphatic carbocycles. The summed E-state index contributed by atoms with van der Waals surface area (Å²) in [4.78, 5) is 12.7. The highest BCUT2D eigenvalue weighted by Crippen LogP contribution is 2.30. The Hall–Kier alpha value is -2.00. The molecule has 0 saturated carbocycles. The van der Waals surface area contributed by atoms with E-state index in [1.165, 1.54) is 0 Å². The van der Waals surface area contributed by atoms with E-state index in [2.05, 4.69) is 25.2 Å². The molecular weight excluding hydrogens is 334 g/mol. The van der Waals surface area contributed by atoms with Crippen molar-refractivity contribution in [3.8, 4) is 5.75 Å². The minimum atomic E-state index is -0.552. The van der Waals surface area contributed by atoms with Crippen LogP contribution in [0.4, 0.5) is 5.69 Å². The Kier molecular flexibility index (Phi) is 6.89. The van der Waals surface area contributed by atoms with Gasteiger partial charge in [0.15, 0.2) is 6.10 Å². The first-order valence-electron chi connectivity index (χ1n) is 8.79. The van der Waals surface area contributed by atoms with E-state index >= 15 is 0 Å². The molecule has 2 aromatic rings. The van der Waals surface area contributed by atoms with Crippen molar-refractivity contribution >= 4 is 23.2 Å². The van der Waals surface area contributed by atoms with E-state index in [-0.39, 0.29) is 5.91 Å². The van der Waals surface area contributed by atoms with E-state index < -0.39 is 6.10 Å². The lowest BCUT2D eigenvalue weighted by Gasteiger charge is -2.21. The van der Waals surface area contributed by atoms with Crippen molar-refractivity contribution in [1.29, 1.82) is 0 Å². The summed E-state index contributed by atoms with van der Waals surface area (Å²) in [6, 6.07) is 13.4. The van der Waals surface area contributed by atoms with Crippen LogP contribution in [0, 0.1) is 6.92 Å². The number of anilines is 1. The highest BCUT2D eigenvalue weighted by molar-refractivity contribution is 6.31. The fourth-order valence-corrected chi connectivity index (χ4v) is 2.82. The highest BCUT2D eigenvalue weighted by atomic mass is 35.5. The Labute approximate surface area is 155 Å². The summed E-state index contributed by atoms with van der Waals surface area (Å²) in [5.41, 5.74) is 2.71. The van der Waals surface area contributed by atoms with Gasteiger partial charge in [-0.2, -0.15) is 0 Å². The molecule has 0 heterocycles. The van der Waals surface area contributed by atoms with E-state index in [0.717, 1.165) is 29.0 Å². The summed E-state index contributed by atoms with van der Waals surface area (Å²) in [5, 5.41) is 3.57. The first-order valence-corrected chi connectivity index (χ1v) is 9.17. The van der Waals surface area contributed by atoms with Crippen LogP contribution in [0.3, 0.4) is 0 Å². The van der Waals surface area contributed by atoms with Crippen LogP contribution in [0.1, 0.15) is 50.7 Å². The summed E-state index contributed by atoms with van der Waals surface area (Å²) in [6.45, 7) is 8.14. The number of nitrogens with one attached hydrogen (secondary N) is 1. The molecule has 0 saturated heterocycles. The van der Waals surface area contributed by atoms with Crippen molar-refractivity contribution in [1.82, 2.24) is 0 Å². The lowest BCUT2D eigenvalue weighted by atomic mass is 9.98. The van der Waals surface area contributed by atoms with Gasteiger partial charge in [-0.05, 0) is 55.0 Å². The smallest absolute Gasteiger partial charge is 0.265 e. The third-order valence-electron chi connectivity index (χ3n) is 4.52. The van der Waals surface area contributed by atoms with Crippen LogP contribution in [0.15, 0.2) is 42.5 Å². The molecule has 0 fully saturated rings. The van der Waals surface area contributed by atoms with E-state index in [0.29, 0.717) is 17.4 Å². The second-order valence-electron chi connectivity index (χ2n) is 6.26. The van der Waals surface area contributed by atoms with Crippen molar-refractivity contribution in [2.75, 3.05) is 5.32 Å². The second kappa shape index (κ2) is 8.91. The highest BCUT2D eigenvalue weighted by Gasteiger charge is 2.21. The maximum absolute atomic E-state index is 12.7. The van der Waals surface area contributed by atoms with Gasteiger partial charge in [0, 0.05) is 10.7 Å². The topological polar surface area (TPSA) is 38.3 Å². The Morgan fingerprint density at radius 3 is 2.52 bits per heavy atom. The molecule has 2 aromatic carbocycles. The summed E-state index contributed by atoms with van der Waals surface area (Å²) >= 11 is 6.13. The van der Waals surface area contributed by atoms with Gasteiger partial charge in [0.05, 0.1) is 0 Å². The average molecular weight is 360 g/mol. The molecule has 0 radical (unpaired) electrons. The maximum atomic E-state index is 12.7. The number of rotatable bonds is 7. The third-order valence-corrected chi connectivity index (χ3v) is 4.93. The number of para-hydroxylation sites is 1. The van der Waals surface area contributed by atoms with Gasteiger partial charge in [0.2, 0.25) is 0 Å². The minimum absolute atomic E-state index is 0.160. The van der Waals surface area contributed by atoms with Crippen LogP contribution in [-0.2, 0) is 4.79 Å². The molecule has 1 amide bonds. The number of halogens is 1. The van der Waals surface area contributed by atoms with Crippen LogP contribution in [0.25, 0.3) is 0 Å². The summed E-state index contributed by atoms with van der Waals surface area (Å²) in [7, 11) is 0. The molecule has 3 nitrogen and oxygen atoms in total. The zero-order chi connectivity index (χ0) is 18.4. The fourth-order valence-electron chi connectivity index (χ4n) is 2.65. The van der Waals surface area contributed by atoms with Crippen LogP contribution >= 0.6 is 11.6 Å². The van der Waals surface area contributed by atoms with E-state index in [1.54, 1.807) is 0 Å². The molecule has 0 spiro atoms. The molecule has 1 N–H and O–H groups in total. The van der Waals surface area contributed by atoms with Gasteiger partial charge in [0.25, 0.3) is 5.91 Å².